The topological polar surface area (TPSA) is 57.9 Å². The van der Waals surface area contributed by atoms with Crippen molar-refractivity contribution in [3.8, 4) is 11.9 Å². The number of pyridine rings is 1. The van der Waals surface area contributed by atoms with Crippen molar-refractivity contribution in [2.45, 2.75) is 18.9 Å². The lowest BCUT2D eigenvalue weighted by Crippen LogP contribution is -2.28. The largest absolute Gasteiger partial charge is 0.475 e. The highest BCUT2D eigenvalue weighted by atomic mass is 16.5. The zero-order valence-electron chi connectivity index (χ0n) is 8.44. The zero-order chi connectivity index (χ0) is 10.5. The monoisotopic (exact) mass is 203 g/mol. The summed E-state index contributed by atoms with van der Waals surface area (Å²) in [6, 6.07) is 5.91. The lowest BCUT2D eigenvalue weighted by atomic mass is 10.2. The molecular formula is C11H13N3O. The van der Waals surface area contributed by atoms with Crippen LogP contribution in [0.25, 0.3) is 0 Å². The highest BCUT2D eigenvalue weighted by molar-refractivity contribution is 5.36. The summed E-state index contributed by atoms with van der Waals surface area (Å²) in [4.78, 5) is 4.04. The molecule has 1 unspecified atom stereocenters. The summed E-state index contributed by atoms with van der Waals surface area (Å²) in [5, 5.41) is 12.2. The maximum Gasteiger partial charge on any atom is 0.231 e. The van der Waals surface area contributed by atoms with Crippen LogP contribution < -0.4 is 10.1 Å². The molecule has 1 N–H and O–H groups in total. The van der Waals surface area contributed by atoms with Crippen LogP contribution in [-0.2, 0) is 0 Å². The number of aromatic nitrogens is 1. The fraction of sp³-hybridized carbons (Fsp3) is 0.455. The molecule has 0 bridgehead atoms. The van der Waals surface area contributed by atoms with E-state index in [1.165, 1.54) is 6.42 Å². The van der Waals surface area contributed by atoms with Gasteiger partial charge in [0.25, 0.3) is 0 Å². The average Bonchev–Trinajstić information content (AvgIpc) is 2.79. The highest BCUT2D eigenvalue weighted by Crippen LogP contribution is 2.14. The molecule has 2 rings (SSSR count). The van der Waals surface area contributed by atoms with Gasteiger partial charge in [-0.05, 0) is 31.5 Å². The SMILES string of the molecule is N#Cc1cccnc1OCC1CCCN1. The molecule has 78 valence electrons. The van der Waals surface area contributed by atoms with Gasteiger partial charge >= 0.3 is 0 Å². The van der Waals surface area contributed by atoms with Gasteiger partial charge in [-0.25, -0.2) is 4.98 Å². The molecule has 1 fully saturated rings. The van der Waals surface area contributed by atoms with Crippen molar-refractivity contribution >= 4 is 0 Å². The predicted octanol–water partition coefficient (Wildman–Crippen LogP) is 1.08. The molecule has 1 aromatic rings. The molecule has 2 heterocycles. The first-order chi connectivity index (χ1) is 7.40. The normalized spacial score (nSPS) is 19.8. The number of nitrogens with one attached hydrogen (secondary N) is 1. The van der Waals surface area contributed by atoms with Gasteiger partial charge in [0.05, 0.1) is 0 Å². The summed E-state index contributed by atoms with van der Waals surface area (Å²) in [6.45, 7) is 1.65. The molecule has 1 aromatic heterocycles. The number of hydrogen-bond acceptors (Lipinski definition) is 4. The molecule has 1 atom stereocenters. The van der Waals surface area contributed by atoms with E-state index in [0.29, 0.717) is 24.1 Å². The molecule has 4 heteroatoms. The van der Waals surface area contributed by atoms with E-state index in [1.54, 1.807) is 18.3 Å². The van der Waals surface area contributed by atoms with Gasteiger partial charge < -0.3 is 10.1 Å². The summed E-state index contributed by atoms with van der Waals surface area (Å²) >= 11 is 0. The predicted molar refractivity (Wildman–Crippen MR) is 55.5 cm³/mol. The van der Waals surface area contributed by atoms with E-state index in [1.807, 2.05) is 0 Å². The van der Waals surface area contributed by atoms with Crippen molar-refractivity contribution < 1.29 is 4.74 Å². The summed E-state index contributed by atoms with van der Waals surface area (Å²) < 4.78 is 5.52. The summed E-state index contributed by atoms with van der Waals surface area (Å²) in [5.41, 5.74) is 0.496. The molecule has 0 radical (unpaired) electrons. The van der Waals surface area contributed by atoms with Crippen LogP contribution in [0.1, 0.15) is 18.4 Å². The Labute approximate surface area is 88.9 Å². The van der Waals surface area contributed by atoms with E-state index in [9.17, 15) is 0 Å². The third-order valence-electron chi connectivity index (χ3n) is 2.48. The maximum absolute atomic E-state index is 8.82. The van der Waals surface area contributed by atoms with E-state index in [-0.39, 0.29) is 0 Å². The quantitative estimate of drug-likeness (QED) is 0.798. The summed E-state index contributed by atoms with van der Waals surface area (Å²) in [6.07, 6.45) is 3.97. The number of rotatable bonds is 3. The Morgan fingerprint density at radius 2 is 2.60 bits per heavy atom. The van der Waals surface area contributed by atoms with Crippen LogP contribution in [0.3, 0.4) is 0 Å². The fourth-order valence-corrected chi connectivity index (χ4v) is 1.67. The van der Waals surface area contributed by atoms with Crippen LogP contribution in [-0.4, -0.2) is 24.2 Å². The second-order valence-corrected chi connectivity index (χ2v) is 3.57. The van der Waals surface area contributed by atoms with Gasteiger partial charge in [-0.15, -0.1) is 0 Å². The third kappa shape index (κ3) is 2.45. The Morgan fingerprint density at radius 1 is 1.67 bits per heavy atom. The molecule has 0 aromatic carbocycles. The van der Waals surface area contributed by atoms with Crippen molar-refractivity contribution in [2.75, 3.05) is 13.2 Å². The molecule has 0 amide bonds. The van der Waals surface area contributed by atoms with Crippen LogP contribution in [0.2, 0.25) is 0 Å². The van der Waals surface area contributed by atoms with Crippen LogP contribution in [0.4, 0.5) is 0 Å². The first kappa shape index (κ1) is 9.94. The van der Waals surface area contributed by atoms with E-state index in [0.717, 1.165) is 13.0 Å². The maximum atomic E-state index is 8.82. The molecule has 1 aliphatic heterocycles. The van der Waals surface area contributed by atoms with Gasteiger partial charge in [0, 0.05) is 12.2 Å². The molecular weight excluding hydrogens is 190 g/mol. The minimum Gasteiger partial charge on any atom is -0.475 e. The standard InChI is InChI=1S/C11H13N3O/c12-7-9-3-1-6-14-11(9)15-8-10-4-2-5-13-10/h1,3,6,10,13H,2,4-5,8H2. The van der Waals surface area contributed by atoms with Gasteiger partial charge in [0.2, 0.25) is 5.88 Å². The highest BCUT2D eigenvalue weighted by Gasteiger charge is 2.15. The molecule has 15 heavy (non-hydrogen) atoms. The zero-order valence-corrected chi connectivity index (χ0v) is 8.44. The Balaban J connectivity index is 1.95. The minimum absolute atomic E-state index is 0.401. The van der Waals surface area contributed by atoms with Gasteiger partial charge in [-0.3, -0.25) is 0 Å². The minimum atomic E-state index is 0.401. The Bertz CT molecular complexity index is 366. The van der Waals surface area contributed by atoms with E-state index in [4.69, 9.17) is 10.00 Å². The Kier molecular flexibility index (Phi) is 3.15. The summed E-state index contributed by atoms with van der Waals surface area (Å²) in [5.74, 6) is 0.439. The van der Waals surface area contributed by atoms with Gasteiger partial charge in [-0.1, -0.05) is 0 Å². The number of nitriles is 1. The fourth-order valence-electron chi connectivity index (χ4n) is 1.67. The third-order valence-corrected chi connectivity index (χ3v) is 2.48. The van der Waals surface area contributed by atoms with Crippen LogP contribution >= 0.6 is 0 Å². The molecule has 1 aliphatic rings. The average molecular weight is 203 g/mol. The van der Waals surface area contributed by atoms with Gasteiger partial charge in [0.1, 0.15) is 18.2 Å². The molecule has 0 spiro atoms. The van der Waals surface area contributed by atoms with Crippen molar-refractivity contribution in [2.24, 2.45) is 0 Å². The smallest absolute Gasteiger partial charge is 0.231 e. The lowest BCUT2D eigenvalue weighted by molar-refractivity contribution is 0.267. The van der Waals surface area contributed by atoms with Crippen molar-refractivity contribution in [1.82, 2.24) is 10.3 Å². The Hall–Kier alpha value is -1.60. The van der Waals surface area contributed by atoms with E-state index < -0.39 is 0 Å². The van der Waals surface area contributed by atoms with E-state index in [2.05, 4.69) is 16.4 Å². The van der Waals surface area contributed by atoms with E-state index >= 15 is 0 Å². The molecule has 0 aliphatic carbocycles. The molecule has 4 nitrogen and oxygen atoms in total. The second-order valence-electron chi connectivity index (χ2n) is 3.57. The number of nitrogens with zero attached hydrogens (tertiary/aromatic N) is 2. The first-order valence-electron chi connectivity index (χ1n) is 5.11. The van der Waals surface area contributed by atoms with Crippen molar-refractivity contribution in [1.29, 1.82) is 5.26 Å². The Morgan fingerprint density at radius 3 is 3.33 bits per heavy atom. The molecule has 1 saturated heterocycles. The van der Waals surface area contributed by atoms with Crippen LogP contribution in [0.15, 0.2) is 18.3 Å². The summed E-state index contributed by atoms with van der Waals surface area (Å²) in [7, 11) is 0. The van der Waals surface area contributed by atoms with Gasteiger partial charge in [0.15, 0.2) is 0 Å². The van der Waals surface area contributed by atoms with Crippen molar-refractivity contribution in [3.63, 3.8) is 0 Å². The lowest BCUT2D eigenvalue weighted by Gasteiger charge is -2.11. The first-order valence-corrected chi connectivity index (χ1v) is 5.11. The molecule has 0 saturated carbocycles. The van der Waals surface area contributed by atoms with Crippen LogP contribution in [0.5, 0.6) is 5.88 Å². The second kappa shape index (κ2) is 4.76. The number of ether oxygens (including phenoxy) is 1. The van der Waals surface area contributed by atoms with Crippen molar-refractivity contribution in [3.05, 3.63) is 23.9 Å². The number of hydrogen-bond donors (Lipinski definition) is 1. The van der Waals surface area contributed by atoms with Gasteiger partial charge in [-0.2, -0.15) is 5.26 Å². The van der Waals surface area contributed by atoms with Crippen LogP contribution in [0, 0.1) is 11.3 Å².